The third-order valence-corrected chi connectivity index (χ3v) is 5.83. The largest absolute Gasteiger partial charge is 0.465 e. The zero-order chi connectivity index (χ0) is 22.4. The van der Waals surface area contributed by atoms with Gasteiger partial charge in [-0.05, 0) is 67.5 Å². The second kappa shape index (κ2) is 10.1. The van der Waals surface area contributed by atoms with E-state index in [0.29, 0.717) is 22.9 Å². The fourth-order valence-electron chi connectivity index (χ4n) is 3.98. The Labute approximate surface area is 183 Å². The third kappa shape index (κ3) is 5.84. The molecule has 164 valence electrons. The smallest absolute Gasteiger partial charge is 0.337 e. The van der Waals surface area contributed by atoms with Crippen molar-refractivity contribution in [3.05, 3.63) is 53.6 Å². The SMILES string of the molecule is COC(=O)c1cc(NCCC2CCN(C(C)=N)CC2)cc(-c2cccc(C(=N)N)c2)c1. The molecule has 3 rings (SSSR count). The van der Waals surface area contributed by atoms with E-state index in [9.17, 15) is 4.79 Å². The summed E-state index contributed by atoms with van der Waals surface area (Å²) in [6.45, 7) is 4.56. The number of nitrogens with zero attached hydrogens (tertiary/aromatic N) is 1. The van der Waals surface area contributed by atoms with Crippen molar-refractivity contribution in [3.8, 4) is 11.1 Å². The van der Waals surface area contributed by atoms with E-state index >= 15 is 0 Å². The molecule has 0 saturated carbocycles. The van der Waals surface area contributed by atoms with Gasteiger partial charge in [0, 0.05) is 30.9 Å². The lowest BCUT2D eigenvalue weighted by atomic mass is 9.93. The van der Waals surface area contributed by atoms with Gasteiger partial charge in [-0.15, -0.1) is 0 Å². The lowest BCUT2D eigenvalue weighted by Gasteiger charge is -2.32. The van der Waals surface area contributed by atoms with Crippen LogP contribution in [0.2, 0.25) is 0 Å². The molecule has 0 aliphatic carbocycles. The van der Waals surface area contributed by atoms with Gasteiger partial charge in [0.25, 0.3) is 0 Å². The predicted molar refractivity (Wildman–Crippen MR) is 125 cm³/mol. The molecular weight excluding hydrogens is 390 g/mol. The van der Waals surface area contributed by atoms with E-state index in [1.807, 2.05) is 37.3 Å². The van der Waals surface area contributed by atoms with E-state index in [4.69, 9.17) is 21.3 Å². The number of hydrogen-bond acceptors (Lipinski definition) is 5. The lowest BCUT2D eigenvalue weighted by Crippen LogP contribution is -2.37. The number of piperidine rings is 1. The van der Waals surface area contributed by atoms with E-state index in [-0.39, 0.29) is 11.8 Å². The number of esters is 1. The number of nitrogen functional groups attached to an aromatic ring is 1. The number of benzene rings is 2. The van der Waals surface area contributed by atoms with E-state index in [0.717, 1.165) is 55.7 Å². The molecule has 2 aromatic rings. The predicted octanol–water partition coefficient (Wildman–Crippen LogP) is 3.94. The van der Waals surface area contributed by atoms with Crippen LogP contribution in [0, 0.1) is 16.7 Å². The summed E-state index contributed by atoms with van der Waals surface area (Å²) in [5.74, 6) is 0.909. The maximum atomic E-state index is 12.2. The first-order valence-electron chi connectivity index (χ1n) is 10.6. The minimum Gasteiger partial charge on any atom is -0.465 e. The van der Waals surface area contributed by atoms with Crippen LogP contribution in [0.4, 0.5) is 5.69 Å². The van der Waals surface area contributed by atoms with Crippen molar-refractivity contribution in [2.75, 3.05) is 32.1 Å². The number of hydrogen-bond donors (Lipinski definition) is 4. The number of rotatable bonds is 7. The van der Waals surface area contributed by atoms with Crippen molar-refractivity contribution >= 4 is 23.3 Å². The molecule has 1 heterocycles. The zero-order valence-corrected chi connectivity index (χ0v) is 18.2. The molecule has 1 aliphatic rings. The Morgan fingerprint density at radius 1 is 1.13 bits per heavy atom. The number of methoxy groups -OCH3 is 1. The van der Waals surface area contributed by atoms with Gasteiger partial charge in [-0.3, -0.25) is 10.8 Å². The quantitative estimate of drug-likeness (QED) is 0.307. The highest BCUT2D eigenvalue weighted by Crippen LogP contribution is 2.27. The third-order valence-electron chi connectivity index (χ3n) is 5.83. The highest BCUT2D eigenvalue weighted by molar-refractivity contribution is 5.97. The summed E-state index contributed by atoms with van der Waals surface area (Å²) in [5.41, 5.74) is 9.36. The van der Waals surface area contributed by atoms with E-state index in [1.165, 1.54) is 7.11 Å². The van der Waals surface area contributed by atoms with E-state index in [2.05, 4.69) is 10.2 Å². The molecular formula is C24H31N5O2. The molecule has 7 nitrogen and oxygen atoms in total. The monoisotopic (exact) mass is 421 g/mol. The van der Waals surface area contributed by atoms with Crippen molar-refractivity contribution in [2.45, 2.75) is 26.2 Å². The number of nitrogens with one attached hydrogen (secondary N) is 3. The van der Waals surface area contributed by atoms with Gasteiger partial charge in [0.1, 0.15) is 5.84 Å². The summed E-state index contributed by atoms with van der Waals surface area (Å²) < 4.78 is 4.93. The molecule has 0 unspecified atom stereocenters. The van der Waals surface area contributed by atoms with Crippen LogP contribution in [0.3, 0.4) is 0 Å². The second-order valence-corrected chi connectivity index (χ2v) is 8.02. The molecule has 7 heteroatoms. The molecule has 0 aromatic heterocycles. The summed E-state index contributed by atoms with van der Waals surface area (Å²) in [6, 6.07) is 13.0. The van der Waals surface area contributed by atoms with Crippen molar-refractivity contribution in [1.82, 2.24) is 4.90 Å². The topological polar surface area (TPSA) is 115 Å². The minimum absolute atomic E-state index is 0.00794. The molecule has 0 amide bonds. The number of carbonyl (C=O) groups is 1. The molecule has 31 heavy (non-hydrogen) atoms. The number of ether oxygens (including phenoxy) is 1. The first-order valence-corrected chi connectivity index (χ1v) is 10.6. The Morgan fingerprint density at radius 2 is 1.84 bits per heavy atom. The van der Waals surface area contributed by atoms with Gasteiger partial charge in [-0.2, -0.15) is 0 Å². The van der Waals surface area contributed by atoms with Gasteiger partial charge in [-0.1, -0.05) is 18.2 Å². The van der Waals surface area contributed by atoms with Crippen LogP contribution in [0.15, 0.2) is 42.5 Å². The minimum atomic E-state index is -0.387. The standard InChI is InChI=1S/C24H31N5O2/c1-16(25)29-10-7-17(8-11-29)6-9-28-22-14-20(13-21(15-22)24(30)31-2)18-4-3-5-19(12-18)23(26)27/h3-5,12-15,17,25,28H,6-11H2,1-2H3,(H3,26,27). The summed E-state index contributed by atoms with van der Waals surface area (Å²) in [6.07, 6.45) is 3.24. The first kappa shape index (κ1) is 22.3. The number of anilines is 1. The van der Waals surface area contributed by atoms with Gasteiger partial charge in [0.05, 0.1) is 18.5 Å². The maximum Gasteiger partial charge on any atom is 0.337 e. The van der Waals surface area contributed by atoms with Crippen LogP contribution in [0.1, 0.15) is 42.1 Å². The van der Waals surface area contributed by atoms with Crippen LogP contribution >= 0.6 is 0 Å². The second-order valence-electron chi connectivity index (χ2n) is 8.02. The summed E-state index contributed by atoms with van der Waals surface area (Å²) >= 11 is 0. The van der Waals surface area contributed by atoms with Crippen molar-refractivity contribution in [2.24, 2.45) is 11.7 Å². The summed E-state index contributed by atoms with van der Waals surface area (Å²) in [5, 5.41) is 18.9. The molecule has 1 saturated heterocycles. The van der Waals surface area contributed by atoms with Crippen LogP contribution in [0.5, 0.6) is 0 Å². The maximum absolute atomic E-state index is 12.2. The highest BCUT2D eigenvalue weighted by Gasteiger charge is 2.19. The average Bonchev–Trinajstić information content (AvgIpc) is 2.78. The number of carbonyl (C=O) groups excluding carboxylic acids is 1. The van der Waals surface area contributed by atoms with Crippen LogP contribution < -0.4 is 11.1 Å². The molecule has 5 N–H and O–H groups in total. The molecule has 0 spiro atoms. The number of likely N-dealkylation sites (tertiary alicyclic amines) is 1. The van der Waals surface area contributed by atoms with Gasteiger partial charge < -0.3 is 20.7 Å². The van der Waals surface area contributed by atoms with Gasteiger partial charge in [-0.25, -0.2) is 4.79 Å². The number of amidine groups is 2. The Hall–Kier alpha value is -3.35. The Bertz CT molecular complexity index is 964. The average molecular weight is 422 g/mol. The fraction of sp³-hybridized carbons (Fsp3) is 0.375. The van der Waals surface area contributed by atoms with Crippen molar-refractivity contribution in [3.63, 3.8) is 0 Å². The Morgan fingerprint density at radius 3 is 2.48 bits per heavy atom. The molecule has 0 radical (unpaired) electrons. The van der Waals surface area contributed by atoms with Crippen LogP contribution in [-0.2, 0) is 4.74 Å². The first-order chi connectivity index (χ1) is 14.9. The van der Waals surface area contributed by atoms with Crippen LogP contribution in [0.25, 0.3) is 11.1 Å². The van der Waals surface area contributed by atoms with Gasteiger partial charge >= 0.3 is 5.97 Å². The Kier molecular flexibility index (Phi) is 7.28. The highest BCUT2D eigenvalue weighted by atomic mass is 16.5. The Balaban J connectivity index is 1.72. The van der Waals surface area contributed by atoms with E-state index in [1.54, 1.807) is 12.1 Å². The summed E-state index contributed by atoms with van der Waals surface area (Å²) in [7, 11) is 1.38. The van der Waals surface area contributed by atoms with Gasteiger partial charge in [0.15, 0.2) is 0 Å². The summed E-state index contributed by atoms with van der Waals surface area (Å²) in [4.78, 5) is 14.3. The van der Waals surface area contributed by atoms with Gasteiger partial charge in [0.2, 0.25) is 0 Å². The molecule has 0 atom stereocenters. The van der Waals surface area contributed by atoms with Crippen molar-refractivity contribution < 1.29 is 9.53 Å². The number of nitrogens with two attached hydrogens (primary N) is 1. The molecule has 2 aromatic carbocycles. The normalized spacial score (nSPS) is 14.2. The molecule has 1 fully saturated rings. The molecule has 0 bridgehead atoms. The van der Waals surface area contributed by atoms with Crippen molar-refractivity contribution in [1.29, 1.82) is 10.8 Å². The van der Waals surface area contributed by atoms with E-state index < -0.39 is 0 Å². The molecule has 1 aliphatic heterocycles. The lowest BCUT2D eigenvalue weighted by molar-refractivity contribution is 0.0601. The van der Waals surface area contributed by atoms with Crippen LogP contribution in [-0.4, -0.2) is 49.3 Å². The fourth-order valence-corrected chi connectivity index (χ4v) is 3.98. The zero-order valence-electron chi connectivity index (χ0n) is 18.2.